The maximum absolute atomic E-state index is 10.9. The van der Waals surface area contributed by atoms with Gasteiger partial charge in [-0.25, -0.2) is 8.42 Å². The van der Waals surface area contributed by atoms with Gasteiger partial charge in [-0.1, -0.05) is 0 Å². The van der Waals surface area contributed by atoms with Crippen molar-refractivity contribution in [1.82, 2.24) is 9.78 Å². The quantitative estimate of drug-likeness (QED) is 0.640. The second kappa shape index (κ2) is 2.95. The Kier molecular flexibility index (Phi) is 2.15. The Morgan fingerprint density at radius 2 is 2.42 bits per heavy atom. The van der Waals surface area contributed by atoms with E-state index in [4.69, 9.17) is 5.26 Å². The van der Waals surface area contributed by atoms with Gasteiger partial charge in [0.25, 0.3) is 0 Å². The lowest BCUT2D eigenvalue weighted by Crippen LogP contribution is -1.96. The Bertz CT molecular complexity index is 412. The molecular weight excluding hydrogens is 178 g/mol. The molecule has 0 unspecified atom stereocenters. The van der Waals surface area contributed by atoms with Crippen LogP contribution in [-0.2, 0) is 16.4 Å². The molecule has 1 rings (SSSR count). The first-order valence-electron chi connectivity index (χ1n) is 3.13. The SMILES string of the molecule is CS(=O)(=O)c1cnn(CC#N)c1. The lowest BCUT2D eigenvalue weighted by molar-refractivity contribution is 0.601. The van der Waals surface area contributed by atoms with Crippen LogP contribution in [0.4, 0.5) is 0 Å². The minimum atomic E-state index is -3.19. The fraction of sp³-hybridized carbons (Fsp3) is 0.333. The van der Waals surface area contributed by atoms with Crippen molar-refractivity contribution in [2.45, 2.75) is 11.4 Å². The zero-order chi connectivity index (χ0) is 9.19. The van der Waals surface area contributed by atoms with Gasteiger partial charge in [-0.15, -0.1) is 0 Å². The van der Waals surface area contributed by atoms with Gasteiger partial charge >= 0.3 is 0 Å². The molecular formula is C6H7N3O2S. The van der Waals surface area contributed by atoms with Crippen molar-refractivity contribution in [3.05, 3.63) is 12.4 Å². The zero-order valence-corrected chi connectivity index (χ0v) is 7.24. The van der Waals surface area contributed by atoms with Crippen LogP contribution in [0.2, 0.25) is 0 Å². The highest BCUT2D eigenvalue weighted by atomic mass is 32.2. The highest BCUT2D eigenvalue weighted by Crippen LogP contribution is 2.05. The van der Waals surface area contributed by atoms with Crippen LogP contribution in [0.1, 0.15) is 0 Å². The number of hydrogen-bond donors (Lipinski definition) is 0. The normalized spacial score (nSPS) is 11.0. The second-order valence-electron chi connectivity index (χ2n) is 2.30. The average Bonchev–Trinajstić information content (AvgIpc) is 2.35. The summed E-state index contributed by atoms with van der Waals surface area (Å²) in [5.41, 5.74) is 0. The van der Waals surface area contributed by atoms with E-state index in [9.17, 15) is 8.42 Å². The molecule has 0 fully saturated rings. The molecule has 0 N–H and O–H groups in total. The fourth-order valence-electron chi connectivity index (χ4n) is 0.695. The molecule has 12 heavy (non-hydrogen) atoms. The van der Waals surface area contributed by atoms with Crippen LogP contribution in [0, 0.1) is 11.3 Å². The van der Waals surface area contributed by atoms with Crippen LogP contribution in [0.3, 0.4) is 0 Å². The van der Waals surface area contributed by atoms with Crippen LogP contribution in [0.25, 0.3) is 0 Å². The van der Waals surface area contributed by atoms with Gasteiger partial charge in [0.1, 0.15) is 11.4 Å². The van der Waals surface area contributed by atoms with Gasteiger partial charge in [0.15, 0.2) is 9.84 Å². The topological polar surface area (TPSA) is 75.8 Å². The summed E-state index contributed by atoms with van der Waals surface area (Å²) in [5, 5.41) is 12.0. The van der Waals surface area contributed by atoms with E-state index >= 15 is 0 Å². The molecule has 0 spiro atoms. The summed E-state index contributed by atoms with van der Waals surface area (Å²) in [6.07, 6.45) is 3.66. The third-order valence-corrected chi connectivity index (χ3v) is 2.34. The summed E-state index contributed by atoms with van der Waals surface area (Å²) in [6, 6.07) is 1.85. The molecule has 0 aromatic carbocycles. The van der Waals surface area contributed by atoms with Crippen molar-refractivity contribution in [1.29, 1.82) is 5.26 Å². The van der Waals surface area contributed by atoms with E-state index in [0.29, 0.717) is 0 Å². The maximum Gasteiger partial charge on any atom is 0.178 e. The zero-order valence-electron chi connectivity index (χ0n) is 6.43. The standard InChI is InChI=1S/C6H7N3O2S/c1-12(10,11)6-4-8-9(5-6)3-2-7/h4-5H,3H2,1H3. The molecule has 0 amide bonds. The number of hydrogen-bond acceptors (Lipinski definition) is 4. The maximum atomic E-state index is 10.9. The van der Waals surface area contributed by atoms with E-state index in [1.807, 2.05) is 6.07 Å². The molecule has 0 saturated carbocycles. The molecule has 0 aliphatic rings. The fourth-order valence-corrected chi connectivity index (χ4v) is 1.25. The van der Waals surface area contributed by atoms with Crippen molar-refractivity contribution < 1.29 is 8.42 Å². The minimum absolute atomic E-state index is 0.0650. The summed E-state index contributed by atoms with van der Waals surface area (Å²) >= 11 is 0. The molecule has 1 aromatic heterocycles. The van der Waals surface area contributed by atoms with E-state index in [1.54, 1.807) is 0 Å². The molecule has 0 atom stereocenters. The van der Waals surface area contributed by atoms with Crippen molar-refractivity contribution in [2.24, 2.45) is 0 Å². The van der Waals surface area contributed by atoms with Gasteiger partial charge in [0.05, 0.1) is 12.3 Å². The first-order valence-corrected chi connectivity index (χ1v) is 5.02. The minimum Gasteiger partial charge on any atom is -0.257 e. The molecule has 0 aliphatic heterocycles. The third-order valence-electron chi connectivity index (χ3n) is 1.27. The average molecular weight is 185 g/mol. The molecule has 0 saturated heterocycles. The van der Waals surface area contributed by atoms with E-state index in [0.717, 1.165) is 6.26 Å². The monoisotopic (exact) mass is 185 g/mol. The van der Waals surface area contributed by atoms with E-state index in [-0.39, 0.29) is 11.4 Å². The van der Waals surface area contributed by atoms with Crippen molar-refractivity contribution in [3.8, 4) is 6.07 Å². The van der Waals surface area contributed by atoms with E-state index in [2.05, 4.69) is 5.10 Å². The van der Waals surface area contributed by atoms with Crippen molar-refractivity contribution >= 4 is 9.84 Å². The Morgan fingerprint density at radius 1 is 1.75 bits per heavy atom. The Hall–Kier alpha value is -1.35. The lowest BCUT2D eigenvalue weighted by Gasteiger charge is -1.89. The molecule has 1 heterocycles. The number of sulfone groups is 1. The number of nitrogens with zero attached hydrogens (tertiary/aromatic N) is 3. The molecule has 0 aliphatic carbocycles. The van der Waals surface area contributed by atoms with Crippen LogP contribution in [0.15, 0.2) is 17.3 Å². The molecule has 5 nitrogen and oxygen atoms in total. The smallest absolute Gasteiger partial charge is 0.178 e. The van der Waals surface area contributed by atoms with Crippen LogP contribution >= 0.6 is 0 Å². The van der Waals surface area contributed by atoms with Crippen LogP contribution in [0.5, 0.6) is 0 Å². The van der Waals surface area contributed by atoms with Gasteiger partial charge in [-0.2, -0.15) is 10.4 Å². The molecule has 6 heteroatoms. The van der Waals surface area contributed by atoms with Crippen molar-refractivity contribution in [3.63, 3.8) is 0 Å². The van der Waals surface area contributed by atoms with E-state index in [1.165, 1.54) is 17.1 Å². The highest BCUT2D eigenvalue weighted by Gasteiger charge is 2.08. The Balaban J connectivity index is 3.02. The highest BCUT2D eigenvalue weighted by molar-refractivity contribution is 7.90. The predicted octanol–water partition coefficient (Wildman–Crippen LogP) is -0.190. The molecule has 1 aromatic rings. The number of aromatic nitrogens is 2. The van der Waals surface area contributed by atoms with Crippen LogP contribution < -0.4 is 0 Å². The second-order valence-corrected chi connectivity index (χ2v) is 4.32. The van der Waals surface area contributed by atoms with Crippen molar-refractivity contribution in [2.75, 3.05) is 6.26 Å². The predicted molar refractivity (Wildman–Crippen MR) is 40.9 cm³/mol. The van der Waals surface area contributed by atoms with Gasteiger partial charge < -0.3 is 0 Å². The summed E-state index contributed by atoms with van der Waals surface area (Å²) in [5.74, 6) is 0. The summed E-state index contributed by atoms with van der Waals surface area (Å²) < 4.78 is 23.1. The first-order chi connectivity index (χ1) is 5.54. The van der Waals surface area contributed by atoms with Gasteiger partial charge in [0.2, 0.25) is 0 Å². The molecule has 0 bridgehead atoms. The van der Waals surface area contributed by atoms with Gasteiger partial charge in [0, 0.05) is 12.5 Å². The summed E-state index contributed by atoms with van der Waals surface area (Å²) in [6.45, 7) is 0.0650. The first kappa shape index (κ1) is 8.74. The van der Waals surface area contributed by atoms with E-state index < -0.39 is 9.84 Å². The van der Waals surface area contributed by atoms with Crippen LogP contribution in [-0.4, -0.2) is 24.5 Å². The summed E-state index contributed by atoms with van der Waals surface area (Å²) in [7, 11) is -3.19. The Labute approximate surface area is 70.2 Å². The molecule has 0 radical (unpaired) electrons. The van der Waals surface area contributed by atoms with Gasteiger partial charge in [-0.3, -0.25) is 4.68 Å². The third kappa shape index (κ3) is 1.83. The lowest BCUT2D eigenvalue weighted by atomic mass is 10.7. The Morgan fingerprint density at radius 3 is 2.83 bits per heavy atom. The number of nitriles is 1. The number of rotatable bonds is 2. The molecule has 64 valence electrons. The largest absolute Gasteiger partial charge is 0.257 e. The van der Waals surface area contributed by atoms with Gasteiger partial charge in [-0.05, 0) is 0 Å². The summed E-state index contributed by atoms with van der Waals surface area (Å²) in [4.78, 5) is 0.137.